The van der Waals surface area contributed by atoms with Crippen LogP contribution in [0.2, 0.25) is 0 Å². The van der Waals surface area contributed by atoms with Crippen molar-refractivity contribution in [2.75, 3.05) is 37.4 Å². The zero-order chi connectivity index (χ0) is 12.8. The van der Waals surface area contributed by atoms with Crippen LogP contribution in [-0.4, -0.2) is 41.8 Å². The minimum absolute atomic E-state index is 0.0522. The van der Waals surface area contributed by atoms with E-state index in [0.29, 0.717) is 29.9 Å². The zero-order valence-corrected chi connectivity index (χ0v) is 9.93. The van der Waals surface area contributed by atoms with Crippen LogP contribution in [0.4, 0.5) is 11.4 Å². The van der Waals surface area contributed by atoms with Gasteiger partial charge in [0.05, 0.1) is 24.6 Å². The van der Waals surface area contributed by atoms with Gasteiger partial charge in [-0.2, -0.15) is 0 Å². The molecule has 0 aliphatic carbocycles. The van der Waals surface area contributed by atoms with Gasteiger partial charge < -0.3 is 20.9 Å². The zero-order valence-electron chi connectivity index (χ0n) is 9.93. The molecule has 0 amide bonds. The lowest BCUT2D eigenvalue weighted by Crippen LogP contribution is -2.08. The Kier molecular flexibility index (Phi) is 4.32. The molecular weight excluding hydrogens is 236 g/mol. The Bertz CT molecular complexity index is 500. The van der Waals surface area contributed by atoms with Crippen molar-refractivity contribution in [3.8, 4) is 0 Å². The fourth-order valence-electron chi connectivity index (χ4n) is 1.59. The summed E-state index contributed by atoms with van der Waals surface area (Å²) >= 11 is 0. The van der Waals surface area contributed by atoms with Crippen molar-refractivity contribution in [1.82, 2.24) is 10.3 Å². The maximum atomic E-state index is 8.54. The van der Waals surface area contributed by atoms with Gasteiger partial charge >= 0.3 is 0 Å². The van der Waals surface area contributed by atoms with Gasteiger partial charge in [-0.3, -0.25) is 0 Å². The molecule has 98 valence electrons. The second-order valence-electron chi connectivity index (χ2n) is 3.78. The number of fused-ring (bicyclic) bond motifs is 1. The summed E-state index contributed by atoms with van der Waals surface area (Å²) in [5.41, 5.74) is 8.32. The van der Waals surface area contributed by atoms with Crippen LogP contribution in [-0.2, 0) is 4.74 Å². The summed E-state index contributed by atoms with van der Waals surface area (Å²) in [6.45, 7) is 1.76. The number of nitrogens with zero attached hydrogens (tertiary/aromatic N) is 2. The maximum Gasteiger partial charge on any atom is 0.160 e. The fourth-order valence-corrected chi connectivity index (χ4v) is 1.59. The van der Waals surface area contributed by atoms with Gasteiger partial charge in [-0.15, -0.1) is 0 Å². The van der Waals surface area contributed by atoms with Crippen molar-refractivity contribution in [2.45, 2.75) is 6.42 Å². The highest BCUT2D eigenvalue weighted by Gasteiger charge is 2.09. The van der Waals surface area contributed by atoms with Gasteiger partial charge in [-0.05, 0) is 28.9 Å². The Morgan fingerprint density at radius 2 is 2.11 bits per heavy atom. The van der Waals surface area contributed by atoms with Crippen molar-refractivity contribution in [2.24, 2.45) is 0 Å². The van der Waals surface area contributed by atoms with Crippen LogP contribution in [0.1, 0.15) is 6.42 Å². The van der Waals surface area contributed by atoms with Crippen LogP contribution in [0.15, 0.2) is 16.8 Å². The number of rotatable bonds is 7. The van der Waals surface area contributed by atoms with Crippen LogP contribution < -0.4 is 11.1 Å². The quantitative estimate of drug-likeness (QED) is 0.489. The van der Waals surface area contributed by atoms with E-state index in [9.17, 15) is 0 Å². The second-order valence-corrected chi connectivity index (χ2v) is 3.78. The van der Waals surface area contributed by atoms with Crippen LogP contribution in [0.5, 0.6) is 0 Å². The van der Waals surface area contributed by atoms with Crippen LogP contribution in [0.3, 0.4) is 0 Å². The van der Waals surface area contributed by atoms with E-state index in [-0.39, 0.29) is 6.61 Å². The molecule has 7 nitrogen and oxygen atoms in total. The van der Waals surface area contributed by atoms with Gasteiger partial charge in [0.25, 0.3) is 0 Å². The SMILES string of the molecule is Nc1ccc(NCCCOCCO)c2nonc12. The van der Waals surface area contributed by atoms with E-state index >= 15 is 0 Å². The van der Waals surface area contributed by atoms with Crippen molar-refractivity contribution in [3.63, 3.8) is 0 Å². The number of aliphatic hydroxyl groups excluding tert-OH is 1. The molecule has 1 aromatic heterocycles. The van der Waals surface area contributed by atoms with Crippen LogP contribution in [0, 0.1) is 0 Å². The highest BCUT2D eigenvalue weighted by molar-refractivity contribution is 5.94. The van der Waals surface area contributed by atoms with Gasteiger partial charge in [-0.25, -0.2) is 4.63 Å². The van der Waals surface area contributed by atoms with E-state index in [1.807, 2.05) is 6.07 Å². The summed E-state index contributed by atoms with van der Waals surface area (Å²) in [5, 5.41) is 19.3. The molecule has 0 aliphatic heterocycles. The van der Waals surface area contributed by atoms with Crippen LogP contribution >= 0.6 is 0 Å². The second kappa shape index (κ2) is 6.18. The molecule has 2 aromatic rings. The number of anilines is 2. The minimum atomic E-state index is 0.0522. The molecule has 0 radical (unpaired) electrons. The average Bonchev–Trinajstić information content (AvgIpc) is 2.86. The lowest BCUT2D eigenvalue weighted by Gasteiger charge is -2.07. The van der Waals surface area contributed by atoms with E-state index in [0.717, 1.165) is 18.7 Å². The lowest BCUT2D eigenvalue weighted by molar-refractivity contribution is 0.0922. The molecule has 2 rings (SSSR count). The molecule has 1 aromatic carbocycles. The minimum Gasteiger partial charge on any atom is -0.397 e. The molecule has 4 N–H and O–H groups in total. The molecule has 7 heteroatoms. The molecule has 1 heterocycles. The predicted octanol–water partition coefficient (Wildman–Crippen LogP) is 0.616. The summed E-state index contributed by atoms with van der Waals surface area (Å²) in [4.78, 5) is 0. The van der Waals surface area contributed by atoms with Crippen molar-refractivity contribution in [3.05, 3.63) is 12.1 Å². The molecule has 0 bridgehead atoms. The molecule has 0 unspecified atom stereocenters. The van der Waals surface area contributed by atoms with Crippen molar-refractivity contribution in [1.29, 1.82) is 0 Å². The lowest BCUT2D eigenvalue weighted by atomic mass is 10.2. The highest BCUT2D eigenvalue weighted by atomic mass is 16.6. The monoisotopic (exact) mass is 252 g/mol. The number of aliphatic hydroxyl groups is 1. The smallest absolute Gasteiger partial charge is 0.160 e. The number of hydrogen-bond donors (Lipinski definition) is 3. The predicted molar refractivity (Wildman–Crippen MR) is 67.2 cm³/mol. The first-order valence-corrected chi connectivity index (χ1v) is 5.76. The summed E-state index contributed by atoms with van der Waals surface area (Å²) in [5.74, 6) is 0. The van der Waals surface area contributed by atoms with Gasteiger partial charge in [-0.1, -0.05) is 0 Å². The Morgan fingerprint density at radius 3 is 2.94 bits per heavy atom. The number of nitrogens with two attached hydrogens (primary N) is 1. The first-order chi connectivity index (χ1) is 8.83. The number of ether oxygens (including phenoxy) is 1. The summed E-state index contributed by atoms with van der Waals surface area (Å²) < 4.78 is 9.83. The molecule has 0 atom stereocenters. The summed E-state index contributed by atoms with van der Waals surface area (Å²) in [6.07, 6.45) is 0.831. The highest BCUT2D eigenvalue weighted by Crippen LogP contribution is 2.24. The largest absolute Gasteiger partial charge is 0.397 e. The number of aromatic nitrogens is 2. The standard InChI is InChI=1S/C11H16N4O3/c12-8-2-3-9(11-10(8)14-18-15-11)13-4-1-6-17-7-5-16/h2-3,13,16H,1,4-7,12H2. The van der Waals surface area contributed by atoms with Gasteiger partial charge in [0.2, 0.25) is 0 Å². The third kappa shape index (κ3) is 2.88. The van der Waals surface area contributed by atoms with E-state index < -0.39 is 0 Å². The Balaban J connectivity index is 1.88. The average molecular weight is 252 g/mol. The number of nitrogen functional groups attached to an aromatic ring is 1. The topological polar surface area (TPSA) is 106 Å². The van der Waals surface area contributed by atoms with Gasteiger partial charge in [0.15, 0.2) is 11.0 Å². The fraction of sp³-hybridized carbons (Fsp3) is 0.455. The normalized spacial score (nSPS) is 10.9. The maximum absolute atomic E-state index is 8.54. The first-order valence-electron chi connectivity index (χ1n) is 5.76. The molecule has 0 saturated carbocycles. The van der Waals surface area contributed by atoms with E-state index in [4.69, 9.17) is 15.6 Å². The Morgan fingerprint density at radius 1 is 1.28 bits per heavy atom. The van der Waals surface area contributed by atoms with E-state index in [2.05, 4.69) is 20.3 Å². The Hall–Kier alpha value is -1.86. The molecular formula is C11H16N4O3. The van der Waals surface area contributed by atoms with Crippen LogP contribution in [0.25, 0.3) is 11.0 Å². The van der Waals surface area contributed by atoms with Gasteiger partial charge in [0.1, 0.15) is 0 Å². The summed E-state index contributed by atoms with van der Waals surface area (Å²) in [7, 11) is 0. The molecule has 0 fully saturated rings. The third-order valence-corrected chi connectivity index (χ3v) is 2.46. The molecule has 0 aliphatic rings. The Labute approximate surface area is 104 Å². The van der Waals surface area contributed by atoms with E-state index in [1.54, 1.807) is 6.07 Å². The first kappa shape index (κ1) is 12.6. The third-order valence-electron chi connectivity index (χ3n) is 2.46. The summed E-state index contributed by atoms with van der Waals surface area (Å²) in [6, 6.07) is 3.60. The molecule has 0 spiro atoms. The van der Waals surface area contributed by atoms with Crippen molar-refractivity contribution < 1.29 is 14.5 Å². The molecule has 18 heavy (non-hydrogen) atoms. The van der Waals surface area contributed by atoms with E-state index in [1.165, 1.54) is 0 Å². The van der Waals surface area contributed by atoms with Crippen molar-refractivity contribution >= 4 is 22.4 Å². The number of nitrogens with one attached hydrogen (secondary N) is 1. The number of hydrogen-bond acceptors (Lipinski definition) is 7. The molecule has 0 saturated heterocycles. The number of benzene rings is 1. The van der Waals surface area contributed by atoms with Gasteiger partial charge in [0, 0.05) is 13.2 Å².